The van der Waals surface area contributed by atoms with E-state index in [1.165, 1.54) is 24.3 Å². The minimum Gasteiger partial charge on any atom is -0.478 e. The van der Waals surface area contributed by atoms with Crippen LogP contribution in [0.5, 0.6) is 0 Å². The number of aromatic carboxylic acids is 1. The first-order valence-electron chi connectivity index (χ1n) is 8.64. The number of benzene rings is 2. The molecule has 5 nitrogen and oxygen atoms in total. The maximum atomic E-state index is 13.4. The van der Waals surface area contributed by atoms with E-state index in [0.717, 1.165) is 24.0 Å². The zero-order valence-corrected chi connectivity index (χ0v) is 14.3. The number of amides is 2. The summed E-state index contributed by atoms with van der Waals surface area (Å²) in [6, 6.07) is 12.8. The molecule has 0 saturated carbocycles. The van der Waals surface area contributed by atoms with Crippen molar-refractivity contribution in [2.24, 2.45) is 0 Å². The molecule has 2 aromatic rings. The Morgan fingerprint density at radius 1 is 1.15 bits per heavy atom. The molecule has 1 unspecified atom stereocenters. The molecule has 6 heteroatoms. The van der Waals surface area contributed by atoms with Gasteiger partial charge in [0.25, 0.3) is 0 Å². The van der Waals surface area contributed by atoms with Gasteiger partial charge in [0.2, 0.25) is 0 Å². The highest BCUT2D eigenvalue weighted by molar-refractivity contribution is 5.87. The highest BCUT2D eigenvalue weighted by Crippen LogP contribution is 2.21. The summed E-state index contributed by atoms with van der Waals surface area (Å²) in [7, 11) is 0. The van der Waals surface area contributed by atoms with Gasteiger partial charge in [0.1, 0.15) is 5.82 Å². The van der Waals surface area contributed by atoms with E-state index in [1.807, 2.05) is 6.07 Å². The van der Waals surface area contributed by atoms with Gasteiger partial charge in [-0.25, -0.2) is 14.0 Å². The number of nitrogens with zero attached hydrogens (tertiary/aromatic N) is 1. The summed E-state index contributed by atoms with van der Waals surface area (Å²) >= 11 is 0. The molecule has 1 fully saturated rings. The molecule has 1 aliphatic heterocycles. The molecule has 2 aromatic carbocycles. The fraction of sp³-hybridized carbons (Fsp3) is 0.300. The van der Waals surface area contributed by atoms with Crippen LogP contribution in [0.25, 0.3) is 0 Å². The summed E-state index contributed by atoms with van der Waals surface area (Å²) in [4.78, 5) is 25.2. The minimum atomic E-state index is -0.974. The van der Waals surface area contributed by atoms with Crippen LogP contribution >= 0.6 is 0 Å². The molecule has 1 heterocycles. The average Bonchev–Trinajstić information content (AvgIpc) is 3.08. The number of hydrogen-bond acceptors (Lipinski definition) is 2. The molecule has 2 amide bonds. The van der Waals surface area contributed by atoms with Crippen LogP contribution in [0.15, 0.2) is 48.5 Å². The number of halogens is 1. The van der Waals surface area contributed by atoms with Gasteiger partial charge in [-0.2, -0.15) is 0 Å². The lowest BCUT2D eigenvalue weighted by atomic mass is 10.0. The van der Waals surface area contributed by atoms with Gasteiger partial charge in [-0.1, -0.05) is 24.3 Å². The largest absolute Gasteiger partial charge is 0.478 e. The lowest BCUT2D eigenvalue weighted by Crippen LogP contribution is -2.43. The van der Waals surface area contributed by atoms with Crippen LogP contribution in [0.1, 0.15) is 34.3 Å². The van der Waals surface area contributed by atoms with Crippen molar-refractivity contribution < 1.29 is 19.1 Å². The molecule has 0 aromatic heterocycles. The van der Waals surface area contributed by atoms with Crippen molar-refractivity contribution in [1.82, 2.24) is 10.2 Å². The van der Waals surface area contributed by atoms with Crippen molar-refractivity contribution >= 4 is 12.0 Å². The van der Waals surface area contributed by atoms with E-state index in [4.69, 9.17) is 5.11 Å². The first-order valence-corrected chi connectivity index (χ1v) is 8.64. The number of rotatable bonds is 5. The van der Waals surface area contributed by atoms with Crippen molar-refractivity contribution in [1.29, 1.82) is 0 Å². The first kappa shape index (κ1) is 17.9. The Labute approximate surface area is 151 Å². The van der Waals surface area contributed by atoms with E-state index in [0.29, 0.717) is 19.5 Å². The Balaban J connectivity index is 1.57. The zero-order chi connectivity index (χ0) is 18.5. The normalized spacial score (nSPS) is 16.5. The number of likely N-dealkylation sites (tertiary alicyclic amines) is 1. The van der Waals surface area contributed by atoms with E-state index in [1.54, 1.807) is 23.1 Å². The Morgan fingerprint density at radius 3 is 2.62 bits per heavy atom. The van der Waals surface area contributed by atoms with Crippen molar-refractivity contribution in [3.8, 4) is 0 Å². The number of carboxylic acid groups (broad SMARTS) is 1. The summed E-state index contributed by atoms with van der Waals surface area (Å²) in [6.45, 7) is 1.02. The fourth-order valence-corrected chi connectivity index (χ4v) is 3.30. The monoisotopic (exact) mass is 356 g/mol. The second-order valence-corrected chi connectivity index (χ2v) is 6.48. The summed E-state index contributed by atoms with van der Waals surface area (Å²) < 4.78 is 13.4. The molecule has 0 aliphatic carbocycles. The van der Waals surface area contributed by atoms with E-state index in [2.05, 4.69) is 5.32 Å². The third-order valence-corrected chi connectivity index (χ3v) is 4.64. The van der Waals surface area contributed by atoms with Gasteiger partial charge >= 0.3 is 12.0 Å². The van der Waals surface area contributed by atoms with Crippen LogP contribution in [0.3, 0.4) is 0 Å². The maximum Gasteiger partial charge on any atom is 0.335 e. The van der Waals surface area contributed by atoms with Gasteiger partial charge in [-0.15, -0.1) is 0 Å². The molecule has 26 heavy (non-hydrogen) atoms. The van der Waals surface area contributed by atoms with E-state index in [-0.39, 0.29) is 23.5 Å². The number of urea groups is 1. The highest BCUT2D eigenvalue weighted by Gasteiger charge is 2.28. The van der Waals surface area contributed by atoms with Crippen LogP contribution in [0, 0.1) is 5.82 Å². The number of hydrogen-bond donors (Lipinski definition) is 2. The van der Waals surface area contributed by atoms with E-state index >= 15 is 0 Å². The zero-order valence-electron chi connectivity index (χ0n) is 14.3. The van der Waals surface area contributed by atoms with Crippen LogP contribution in [0.2, 0.25) is 0 Å². The van der Waals surface area contributed by atoms with Gasteiger partial charge in [0.15, 0.2) is 0 Å². The van der Waals surface area contributed by atoms with Crippen LogP contribution in [-0.4, -0.2) is 34.6 Å². The number of carbonyl (C=O) groups excluding carboxylic acids is 1. The molecule has 1 atom stereocenters. The third kappa shape index (κ3) is 4.39. The average molecular weight is 356 g/mol. The van der Waals surface area contributed by atoms with Gasteiger partial charge < -0.3 is 15.3 Å². The Morgan fingerprint density at radius 2 is 1.92 bits per heavy atom. The molecule has 0 spiro atoms. The van der Waals surface area contributed by atoms with Crippen LogP contribution in [0.4, 0.5) is 9.18 Å². The van der Waals surface area contributed by atoms with Crippen LogP contribution in [-0.2, 0) is 13.0 Å². The second kappa shape index (κ2) is 7.99. The summed E-state index contributed by atoms with van der Waals surface area (Å²) in [5.41, 5.74) is 1.94. The van der Waals surface area contributed by atoms with E-state index in [9.17, 15) is 14.0 Å². The highest BCUT2D eigenvalue weighted by atomic mass is 19.1. The Kier molecular flexibility index (Phi) is 5.51. The predicted molar refractivity (Wildman–Crippen MR) is 95.5 cm³/mol. The SMILES string of the molecule is O=C(O)c1ccc(CNC(=O)N2CCCC2Cc2cccc(F)c2)cc1. The maximum absolute atomic E-state index is 13.4. The topological polar surface area (TPSA) is 69.6 Å². The Bertz CT molecular complexity index is 792. The predicted octanol–water partition coefficient (Wildman–Crippen LogP) is 3.44. The smallest absolute Gasteiger partial charge is 0.335 e. The second-order valence-electron chi connectivity index (χ2n) is 6.48. The number of carboxylic acids is 1. The molecule has 3 rings (SSSR count). The molecule has 136 valence electrons. The summed E-state index contributed by atoms with van der Waals surface area (Å²) in [5, 5.41) is 11.8. The molecule has 1 saturated heterocycles. The van der Waals surface area contributed by atoms with Gasteiger partial charge in [-0.3, -0.25) is 0 Å². The van der Waals surface area contributed by atoms with Crippen molar-refractivity contribution in [3.05, 3.63) is 71.0 Å². The quantitative estimate of drug-likeness (QED) is 0.862. The van der Waals surface area contributed by atoms with Crippen molar-refractivity contribution in [3.63, 3.8) is 0 Å². The van der Waals surface area contributed by atoms with Crippen molar-refractivity contribution in [2.75, 3.05) is 6.54 Å². The van der Waals surface area contributed by atoms with Gasteiger partial charge in [-0.05, 0) is 54.7 Å². The fourth-order valence-electron chi connectivity index (χ4n) is 3.30. The summed E-state index contributed by atoms with van der Waals surface area (Å²) in [5.74, 6) is -1.24. The van der Waals surface area contributed by atoms with Gasteiger partial charge in [0.05, 0.1) is 5.56 Å². The number of nitrogens with one attached hydrogen (secondary N) is 1. The van der Waals surface area contributed by atoms with Crippen molar-refractivity contribution in [2.45, 2.75) is 31.8 Å². The molecule has 1 aliphatic rings. The molecular formula is C20H21FN2O3. The molecular weight excluding hydrogens is 335 g/mol. The minimum absolute atomic E-state index is 0.0613. The summed E-state index contributed by atoms with van der Waals surface area (Å²) in [6.07, 6.45) is 2.47. The van der Waals surface area contributed by atoms with Gasteiger partial charge in [0, 0.05) is 19.1 Å². The standard InChI is InChI=1S/C20H21FN2O3/c21-17-4-1-3-15(11-17)12-18-5-2-10-23(18)20(26)22-13-14-6-8-16(9-7-14)19(24)25/h1,3-4,6-9,11,18H,2,5,10,12-13H2,(H,22,26)(H,24,25). The first-order chi connectivity index (χ1) is 12.5. The van der Waals surface area contributed by atoms with E-state index < -0.39 is 5.97 Å². The lowest BCUT2D eigenvalue weighted by molar-refractivity contribution is 0.0697. The van der Waals surface area contributed by atoms with Crippen LogP contribution < -0.4 is 5.32 Å². The number of carbonyl (C=O) groups is 2. The molecule has 0 bridgehead atoms. The molecule has 2 N–H and O–H groups in total. The lowest BCUT2D eigenvalue weighted by Gasteiger charge is -2.25. The Hall–Kier alpha value is -2.89. The third-order valence-electron chi connectivity index (χ3n) is 4.64. The molecule has 0 radical (unpaired) electrons.